The molecular formula is C24H19BCl3N2O2-. The van der Waals surface area contributed by atoms with Gasteiger partial charge in [-0.25, -0.2) is 0 Å². The first-order chi connectivity index (χ1) is 15.3. The second-order valence-corrected chi connectivity index (χ2v) is 9.69. The summed E-state index contributed by atoms with van der Waals surface area (Å²) in [6, 6.07) is 28.4. The van der Waals surface area contributed by atoms with E-state index in [-0.39, 0.29) is 23.0 Å². The molecule has 0 spiro atoms. The lowest BCUT2D eigenvalue weighted by Crippen LogP contribution is -2.62. The second-order valence-electron chi connectivity index (χ2n) is 7.41. The number of hydrogen-bond acceptors (Lipinski definition) is 4. The number of nitrogens with one attached hydrogen (secondary N) is 1. The standard InChI is InChI=1S/C24H19BCl3N2O2/c1-17(31)21-22(24(26,27)28)30-25(18-11-5-2-6-12-18,19-13-7-3-8-14-19)32-23(21)29-20-15-9-4-10-16-20/h2-16,29H,1H3/q-1. The third-order valence-electron chi connectivity index (χ3n) is 5.22. The van der Waals surface area contributed by atoms with Gasteiger partial charge >= 0.3 is 6.48 Å². The van der Waals surface area contributed by atoms with Crippen molar-refractivity contribution in [3.05, 3.63) is 102 Å². The monoisotopic (exact) mass is 483 g/mol. The van der Waals surface area contributed by atoms with Crippen molar-refractivity contribution in [1.82, 2.24) is 0 Å². The molecule has 0 atom stereocenters. The molecule has 0 aliphatic carbocycles. The zero-order valence-corrected chi connectivity index (χ0v) is 19.4. The topological polar surface area (TPSA) is 50.7 Å². The Morgan fingerprint density at radius 1 is 0.844 bits per heavy atom. The van der Waals surface area contributed by atoms with Crippen LogP contribution in [0, 0.1) is 0 Å². The van der Waals surface area contributed by atoms with Crippen LogP contribution in [0.1, 0.15) is 6.92 Å². The first kappa shape index (κ1) is 22.5. The number of alkyl halides is 3. The summed E-state index contributed by atoms with van der Waals surface area (Å²) in [5.74, 6) is -0.147. The molecule has 8 heteroatoms. The molecule has 1 N–H and O–H groups in total. The smallest absolute Gasteiger partial charge is 0.336 e. The number of Topliss-reactive ketones (excluding diaryl/α,β-unsaturated/α-hetero) is 1. The molecule has 1 aliphatic heterocycles. The summed E-state index contributed by atoms with van der Waals surface area (Å²) in [6.45, 7) is -0.874. The highest BCUT2D eigenvalue weighted by Gasteiger charge is 2.43. The van der Waals surface area contributed by atoms with Crippen LogP contribution in [-0.2, 0) is 9.45 Å². The molecular weight excluding hydrogens is 465 g/mol. The molecule has 0 aromatic heterocycles. The van der Waals surface area contributed by atoms with Gasteiger partial charge in [0.1, 0.15) is 0 Å². The van der Waals surface area contributed by atoms with E-state index >= 15 is 0 Å². The van der Waals surface area contributed by atoms with Crippen molar-refractivity contribution >= 4 is 69.4 Å². The number of hydrogen-bond donors (Lipinski definition) is 1. The molecule has 4 rings (SSSR count). The molecule has 3 aromatic carbocycles. The van der Waals surface area contributed by atoms with Gasteiger partial charge in [-0.15, -0.1) is 10.9 Å². The van der Waals surface area contributed by atoms with E-state index in [0.717, 1.165) is 16.6 Å². The number of carbonyl (C=O) groups is 1. The van der Waals surface area contributed by atoms with Crippen LogP contribution in [0.3, 0.4) is 0 Å². The van der Waals surface area contributed by atoms with Crippen LogP contribution >= 0.6 is 34.8 Å². The van der Waals surface area contributed by atoms with E-state index in [0.29, 0.717) is 0 Å². The fourth-order valence-corrected chi connectivity index (χ4v) is 4.23. The summed E-state index contributed by atoms with van der Waals surface area (Å²) in [5.41, 5.74) is 2.41. The van der Waals surface area contributed by atoms with Gasteiger partial charge in [-0.1, -0.05) is 114 Å². The van der Waals surface area contributed by atoms with Gasteiger partial charge in [0.2, 0.25) is 3.79 Å². The summed E-state index contributed by atoms with van der Waals surface area (Å²) < 4.78 is 4.64. The maximum atomic E-state index is 12.7. The molecule has 0 radical (unpaired) electrons. The van der Waals surface area contributed by atoms with Gasteiger partial charge in [0.05, 0.1) is 11.3 Å². The molecule has 0 bridgehead atoms. The number of anilines is 1. The molecule has 4 nitrogen and oxygen atoms in total. The van der Waals surface area contributed by atoms with Gasteiger partial charge in [-0.05, 0) is 19.1 Å². The minimum Gasteiger partial charge on any atom is -0.676 e. The number of nitrogens with zero attached hydrogens (tertiary/aromatic N) is 1. The van der Waals surface area contributed by atoms with Crippen molar-refractivity contribution in [2.45, 2.75) is 10.7 Å². The molecule has 162 valence electrons. The van der Waals surface area contributed by atoms with Crippen LogP contribution in [0.15, 0.2) is 107 Å². The summed E-state index contributed by atoms with van der Waals surface area (Å²) in [7, 11) is 0. The SMILES string of the molecule is CC(=O)C1=C(Nc2ccccc2)O[B-](c2ccccc2)(c2ccccc2)N=C1C(Cl)(Cl)Cl. The summed E-state index contributed by atoms with van der Waals surface area (Å²) in [6.07, 6.45) is 0. The zero-order valence-electron chi connectivity index (χ0n) is 17.1. The lowest BCUT2D eigenvalue weighted by molar-refractivity contribution is -0.113. The summed E-state index contributed by atoms with van der Waals surface area (Å²) >= 11 is 19.1. The molecule has 32 heavy (non-hydrogen) atoms. The molecule has 0 saturated heterocycles. The van der Waals surface area contributed by atoms with Gasteiger partial charge in [0.15, 0.2) is 11.7 Å². The van der Waals surface area contributed by atoms with E-state index < -0.39 is 10.3 Å². The number of allylic oxidation sites excluding steroid dienone is 1. The quantitative estimate of drug-likeness (QED) is 0.410. The normalized spacial score (nSPS) is 15.6. The predicted molar refractivity (Wildman–Crippen MR) is 134 cm³/mol. The largest absolute Gasteiger partial charge is 0.676 e. The van der Waals surface area contributed by atoms with Crippen LogP contribution in [0.2, 0.25) is 0 Å². The van der Waals surface area contributed by atoms with Crippen LogP contribution in [0.25, 0.3) is 0 Å². The average Bonchev–Trinajstić information content (AvgIpc) is 2.79. The first-order valence-corrected chi connectivity index (χ1v) is 11.1. The zero-order chi connectivity index (χ0) is 22.8. The Labute approximate surface area is 201 Å². The molecule has 3 aromatic rings. The highest BCUT2D eigenvalue weighted by atomic mass is 35.6. The van der Waals surface area contributed by atoms with Crippen LogP contribution in [0.5, 0.6) is 0 Å². The molecule has 1 aliphatic rings. The maximum Gasteiger partial charge on any atom is 0.336 e. The Balaban J connectivity index is 2.00. The summed E-state index contributed by atoms with van der Waals surface area (Å²) in [5, 5.41) is 3.20. The number of rotatable bonds is 5. The van der Waals surface area contributed by atoms with E-state index in [1.807, 2.05) is 91.0 Å². The minimum atomic E-state index is -2.27. The lowest BCUT2D eigenvalue weighted by Gasteiger charge is -2.46. The average molecular weight is 485 g/mol. The number of para-hydroxylation sites is 1. The highest BCUT2D eigenvalue weighted by molar-refractivity contribution is 6.98. The fraction of sp³-hybridized carbons (Fsp3) is 0.0833. The Morgan fingerprint density at radius 2 is 1.31 bits per heavy atom. The first-order valence-electron chi connectivity index (χ1n) is 10.0. The molecule has 0 fully saturated rings. The van der Waals surface area contributed by atoms with E-state index in [1.54, 1.807) is 0 Å². The number of halogens is 3. The van der Waals surface area contributed by atoms with Crippen molar-refractivity contribution < 1.29 is 9.45 Å². The van der Waals surface area contributed by atoms with E-state index in [4.69, 9.17) is 44.4 Å². The second kappa shape index (κ2) is 9.03. The van der Waals surface area contributed by atoms with E-state index in [2.05, 4.69) is 5.32 Å². The molecule has 0 amide bonds. The van der Waals surface area contributed by atoms with Crippen LogP contribution in [-0.4, -0.2) is 21.8 Å². The molecule has 1 heterocycles. The highest BCUT2D eigenvalue weighted by Crippen LogP contribution is 2.37. The minimum absolute atomic E-state index is 0.0346. The van der Waals surface area contributed by atoms with Crippen molar-refractivity contribution in [1.29, 1.82) is 0 Å². The Kier molecular flexibility index (Phi) is 6.34. The van der Waals surface area contributed by atoms with Gasteiger partial charge in [0.25, 0.3) is 0 Å². The number of benzene rings is 3. The fourth-order valence-electron chi connectivity index (χ4n) is 3.80. The van der Waals surface area contributed by atoms with Gasteiger partial charge < -0.3 is 14.9 Å². The third-order valence-corrected chi connectivity index (χ3v) is 5.76. The Morgan fingerprint density at radius 3 is 1.75 bits per heavy atom. The Bertz CT molecular complexity index is 1140. The molecule has 0 unspecified atom stereocenters. The van der Waals surface area contributed by atoms with E-state index in [9.17, 15) is 4.79 Å². The van der Waals surface area contributed by atoms with Crippen molar-refractivity contribution in [2.75, 3.05) is 5.32 Å². The van der Waals surface area contributed by atoms with Crippen molar-refractivity contribution in [3.8, 4) is 0 Å². The molecule has 0 saturated carbocycles. The van der Waals surface area contributed by atoms with Crippen LogP contribution < -0.4 is 16.2 Å². The van der Waals surface area contributed by atoms with Gasteiger partial charge in [0, 0.05) is 5.69 Å². The summed E-state index contributed by atoms with van der Waals surface area (Å²) in [4.78, 5) is 17.6. The number of ketones is 1. The number of carbonyl (C=O) groups excluding carboxylic acids is 1. The van der Waals surface area contributed by atoms with Crippen LogP contribution in [0.4, 0.5) is 5.69 Å². The van der Waals surface area contributed by atoms with Crippen molar-refractivity contribution in [3.63, 3.8) is 0 Å². The van der Waals surface area contributed by atoms with Crippen molar-refractivity contribution in [2.24, 2.45) is 4.90 Å². The lowest BCUT2D eigenvalue weighted by atomic mass is 9.42. The Hall–Kier alpha value is -2.73. The third kappa shape index (κ3) is 4.42. The predicted octanol–water partition coefficient (Wildman–Crippen LogP) is 5.00. The maximum absolute atomic E-state index is 12.7. The van der Waals surface area contributed by atoms with Gasteiger partial charge in [-0.2, -0.15) is 0 Å². The van der Waals surface area contributed by atoms with E-state index in [1.165, 1.54) is 6.92 Å². The van der Waals surface area contributed by atoms with Gasteiger partial charge in [-0.3, -0.25) is 4.79 Å².